The Morgan fingerprint density at radius 1 is 1.25 bits per heavy atom. The first-order valence-corrected chi connectivity index (χ1v) is 6.30. The number of nitriles is 1. The molecular weight excluding hydrogens is 250 g/mol. The van der Waals surface area contributed by atoms with Crippen LogP contribution in [0.1, 0.15) is 24.2 Å². The Balaban J connectivity index is 2.22. The van der Waals surface area contributed by atoms with Crippen LogP contribution in [-0.2, 0) is 0 Å². The van der Waals surface area contributed by atoms with Crippen LogP contribution in [0.5, 0.6) is 0 Å². The number of para-hydroxylation sites is 1. The number of rotatable bonds is 2. The molecule has 0 radical (unpaired) electrons. The Kier molecular flexibility index (Phi) is 2.84. The summed E-state index contributed by atoms with van der Waals surface area (Å²) in [6.45, 7) is 2.01. The topological polar surface area (TPSA) is 80.5 Å². The zero-order valence-electron chi connectivity index (χ0n) is 11.0. The van der Waals surface area contributed by atoms with E-state index in [-0.39, 0.29) is 6.04 Å². The van der Waals surface area contributed by atoms with E-state index in [0.717, 1.165) is 11.2 Å². The van der Waals surface area contributed by atoms with Crippen molar-refractivity contribution in [1.82, 2.24) is 14.5 Å². The van der Waals surface area contributed by atoms with Gasteiger partial charge in [0.1, 0.15) is 11.6 Å². The molecule has 0 fully saturated rings. The van der Waals surface area contributed by atoms with Gasteiger partial charge >= 0.3 is 0 Å². The van der Waals surface area contributed by atoms with Crippen molar-refractivity contribution >= 4 is 17.0 Å². The quantitative estimate of drug-likeness (QED) is 0.770. The monoisotopic (exact) mass is 263 g/mol. The highest BCUT2D eigenvalue weighted by molar-refractivity contribution is 5.84. The summed E-state index contributed by atoms with van der Waals surface area (Å²) in [5.41, 5.74) is 8.94. The summed E-state index contributed by atoms with van der Waals surface area (Å²) in [7, 11) is 0. The van der Waals surface area contributed by atoms with E-state index in [0.29, 0.717) is 17.0 Å². The van der Waals surface area contributed by atoms with Crippen LogP contribution in [0.2, 0.25) is 0 Å². The third-order valence-corrected chi connectivity index (χ3v) is 3.37. The second-order valence-corrected chi connectivity index (χ2v) is 4.56. The summed E-state index contributed by atoms with van der Waals surface area (Å²) in [5, 5.41) is 9.14. The molecule has 0 saturated heterocycles. The molecule has 0 aliphatic heterocycles. The van der Waals surface area contributed by atoms with Crippen LogP contribution in [0.25, 0.3) is 11.0 Å². The van der Waals surface area contributed by atoms with Crippen molar-refractivity contribution in [2.45, 2.75) is 13.0 Å². The number of pyridine rings is 1. The summed E-state index contributed by atoms with van der Waals surface area (Å²) < 4.78 is 1.90. The van der Waals surface area contributed by atoms with Gasteiger partial charge < -0.3 is 10.3 Å². The molecule has 1 atom stereocenters. The standard InChI is InChI=1S/C15H13N5/c1-10(12-6-2-3-8-18-12)20-13-7-4-5-11(9-16)14(13)19-15(20)17/h2-8,10H,1H3,(H2,17,19). The maximum Gasteiger partial charge on any atom is 0.201 e. The molecule has 0 aliphatic carbocycles. The van der Waals surface area contributed by atoms with E-state index in [1.807, 2.05) is 41.8 Å². The van der Waals surface area contributed by atoms with Gasteiger partial charge in [0.15, 0.2) is 0 Å². The van der Waals surface area contributed by atoms with Gasteiger partial charge in [-0.3, -0.25) is 4.98 Å². The number of hydrogen-bond donors (Lipinski definition) is 1. The van der Waals surface area contributed by atoms with Crippen molar-refractivity contribution in [2.75, 3.05) is 5.73 Å². The van der Waals surface area contributed by atoms with E-state index in [1.54, 1.807) is 12.3 Å². The largest absolute Gasteiger partial charge is 0.369 e. The zero-order chi connectivity index (χ0) is 14.1. The van der Waals surface area contributed by atoms with Crippen molar-refractivity contribution in [3.63, 3.8) is 0 Å². The summed E-state index contributed by atoms with van der Waals surface area (Å²) in [4.78, 5) is 8.68. The smallest absolute Gasteiger partial charge is 0.201 e. The number of hydrogen-bond acceptors (Lipinski definition) is 4. The van der Waals surface area contributed by atoms with Gasteiger partial charge in [0.2, 0.25) is 5.95 Å². The molecule has 0 amide bonds. The normalized spacial score (nSPS) is 12.2. The molecule has 0 spiro atoms. The minimum absolute atomic E-state index is 0.0462. The molecule has 0 saturated carbocycles. The average Bonchev–Trinajstić information content (AvgIpc) is 2.83. The molecule has 5 nitrogen and oxygen atoms in total. The van der Waals surface area contributed by atoms with Crippen LogP contribution in [-0.4, -0.2) is 14.5 Å². The summed E-state index contributed by atoms with van der Waals surface area (Å²) >= 11 is 0. The van der Waals surface area contributed by atoms with Crippen LogP contribution in [0, 0.1) is 11.3 Å². The highest BCUT2D eigenvalue weighted by Gasteiger charge is 2.17. The summed E-state index contributed by atoms with van der Waals surface area (Å²) in [6.07, 6.45) is 1.75. The number of nitrogens with zero attached hydrogens (tertiary/aromatic N) is 4. The predicted molar refractivity (Wildman–Crippen MR) is 76.9 cm³/mol. The third kappa shape index (κ3) is 1.79. The molecule has 2 heterocycles. The van der Waals surface area contributed by atoms with Crippen LogP contribution in [0.4, 0.5) is 5.95 Å². The van der Waals surface area contributed by atoms with E-state index in [4.69, 9.17) is 11.0 Å². The summed E-state index contributed by atoms with van der Waals surface area (Å²) in [6, 6.07) is 13.4. The Morgan fingerprint density at radius 3 is 2.80 bits per heavy atom. The first-order valence-electron chi connectivity index (χ1n) is 6.30. The van der Waals surface area contributed by atoms with Gasteiger partial charge in [-0.05, 0) is 31.2 Å². The minimum atomic E-state index is -0.0462. The van der Waals surface area contributed by atoms with Crippen LogP contribution >= 0.6 is 0 Å². The van der Waals surface area contributed by atoms with Gasteiger partial charge in [-0.1, -0.05) is 12.1 Å². The first kappa shape index (κ1) is 12.2. The second-order valence-electron chi connectivity index (χ2n) is 4.56. The molecule has 3 rings (SSSR count). The lowest BCUT2D eigenvalue weighted by molar-refractivity contribution is 0.647. The fourth-order valence-corrected chi connectivity index (χ4v) is 2.39. The molecule has 1 unspecified atom stereocenters. The molecule has 5 heteroatoms. The minimum Gasteiger partial charge on any atom is -0.369 e. The molecule has 98 valence electrons. The highest BCUT2D eigenvalue weighted by Crippen LogP contribution is 2.27. The average molecular weight is 263 g/mol. The Bertz CT molecular complexity index is 798. The van der Waals surface area contributed by atoms with Gasteiger partial charge in [-0.15, -0.1) is 0 Å². The highest BCUT2D eigenvalue weighted by atomic mass is 15.2. The lowest BCUT2D eigenvalue weighted by Gasteiger charge is -2.15. The lowest BCUT2D eigenvalue weighted by Crippen LogP contribution is -2.11. The van der Waals surface area contributed by atoms with Crippen molar-refractivity contribution in [1.29, 1.82) is 5.26 Å². The van der Waals surface area contributed by atoms with Gasteiger partial charge in [0.25, 0.3) is 0 Å². The zero-order valence-corrected chi connectivity index (χ0v) is 11.0. The van der Waals surface area contributed by atoms with Crippen molar-refractivity contribution in [3.8, 4) is 6.07 Å². The van der Waals surface area contributed by atoms with Crippen molar-refractivity contribution in [2.24, 2.45) is 0 Å². The SMILES string of the molecule is CC(c1ccccn1)n1c(N)nc2c(C#N)cccc21. The van der Waals surface area contributed by atoms with Gasteiger partial charge in [0, 0.05) is 6.20 Å². The van der Waals surface area contributed by atoms with Crippen LogP contribution in [0.3, 0.4) is 0 Å². The molecule has 0 aliphatic rings. The molecule has 20 heavy (non-hydrogen) atoms. The first-order chi connectivity index (χ1) is 9.72. The van der Waals surface area contributed by atoms with Gasteiger partial charge in [-0.25, -0.2) is 4.98 Å². The van der Waals surface area contributed by atoms with Crippen molar-refractivity contribution < 1.29 is 0 Å². The van der Waals surface area contributed by atoms with Gasteiger partial charge in [-0.2, -0.15) is 5.26 Å². The summed E-state index contributed by atoms with van der Waals surface area (Å²) in [5.74, 6) is 0.390. The molecule has 3 aromatic rings. The number of nitrogens with two attached hydrogens (primary N) is 1. The Hall–Kier alpha value is -2.87. The fraction of sp³-hybridized carbons (Fsp3) is 0.133. The molecule has 2 aromatic heterocycles. The predicted octanol–water partition coefficient (Wildman–Crippen LogP) is 2.49. The number of benzene rings is 1. The van der Waals surface area contributed by atoms with Crippen molar-refractivity contribution in [3.05, 3.63) is 53.9 Å². The molecule has 1 aromatic carbocycles. The van der Waals surface area contributed by atoms with E-state index in [9.17, 15) is 0 Å². The number of nitrogen functional groups attached to an aromatic ring is 1. The maximum atomic E-state index is 9.14. The molecule has 0 bridgehead atoms. The van der Waals surface area contributed by atoms with E-state index in [1.165, 1.54) is 0 Å². The number of imidazole rings is 1. The van der Waals surface area contributed by atoms with E-state index >= 15 is 0 Å². The van der Waals surface area contributed by atoms with E-state index < -0.39 is 0 Å². The van der Waals surface area contributed by atoms with Crippen LogP contribution < -0.4 is 5.73 Å². The van der Waals surface area contributed by atoms with Crippen LogP contribution in [0.15, 0.2) is 42.6 Å². The number of anilines is 1. The lowest BCUT2D eigenvalue weighted by atomic mass is 10.1. The fourth-order valence-electron chi connectivity index (χ4n) is 2.39. The Morgan fingerprint density at radius 2 is 2.10 bits per heavy atom. The molecular formula is C15H13N5. The van der Waals surface area contributed by atoms with Gasteiger partial charge in [0.05, 0.1) is 22.8 Å². The Labute approximate surface area is 116 Å². The maximum absolute atomic E-state index is 9.14. The van der Waals surface area contributed by atoms with E-state index in [2.05, 4.69) is 16.0 Å². The number of aromatic nitrogens is 3. The number of fused-ring (bicyclic) bond motifs is 1. The third-order valence-electron chi connectivity index (χ3n) is 3.37. The molecule has 2 N–H and O–H groups in total. The second kappa shape index (κ2) is 4.67.